The Morgan fingerprint density at radius 3 is 0.700 bits per heavy atom. The van der Waals surface area contributed by atoms with Gasteiger partial charge in [0.05, 0.1) is 24.4 Å². The van der Waals surface area contributed by atoms with E-state index in [0.717, 1.165) is 68.1 Å². The smallest absolute Gasteiger partial charge is 0.373 e. The zero-order valence-corrected chi connectivity index (χ0v) is 72.1. The highest BCUT2D eigenvalue weighted by Crippen LogP contribution is 2.38. The summed E-state index contributed by atoms with van der Waals surface area (Å²) in [6, 6.07) is 89.2. The summed E-state index contributed by atoms with van der Waals surface area (Å²) in [5.74, 6) is 1.06. The molecule has 10 aromatic carbocycles. The molecule has 0 radical (unpaired) electrons. The van der Waals surface area contributed by atoms with Crippen LogP contribution in [0.25, 0.3) is 11.1 Å². The highest BCUT2D eigenvalue weighted by atomic mass is 16.6. The van der Waals surface area contributed by atoms with Gasteiger partial charge >= 0.3 is 48.5 Å². The molecule has 0 aliphatic heterocycles. The SMILES string of the molecule is CC(C)OC(=O)C(C(C)C)N(c1ccccc1)c1ccc(-c2ccccc2)cc1.CC(C)OC(=O)C(C(C)C)N(c1ccccc1)c1ccc(Oc2ccccc2)cc1.Cc1ccc(N(c2cccc(C)c2)C(C(=O)OC(C)C)C(C)C)cc1.Cc1ccc(N(c2ccccc2)C(C(=O)OC(C)C)C(C)C)cc1.O=C=O.O=C=O.O=C=O.O=C=O. The zero-order chi connectivity index (χ0) is 89.4. The van der Waals surface area contributed by atoms with Crippen molar-refractivity contribution in [1.29, 1.82) is 0 Å². The molecular weight excluding hydrogens is 1520 g/mol. The molecule has 120 heavy (non-hydrogen) atoms. The van der Waals surface area contributed by atoms with Crippen LogP contribution < -0.4 is 24.3 Å². The number of hydrogen-bond acceptors (Lipinski definition) is 21. The van der Waals surface area contributed by atoms with Crippen molar-refractivity contribution in [2.75, 3.05) is 19.6 Å². The first-order valence-electron chi connectivity index (χ1n) is 39.6. The third-order valence-corrected chi connectivity index (χ3v) is 17.4. The van der Waals surface area contributed by atoms with Crippen LogP contribution in [0, 0.1) is 44.4 Å². The molecule has 0 saturated carbocycles. The molecule has 0 saturated heterocycles. The van der Waals surface area contributed by atoms with E-state index in [-0.39, 0.29) is 109 Å². The summed E-state index contributed by atoms with van der Waals surface area (Å²) in [6.07, 6.45) is 0.417. The van der Waals surface area contributed by atoms with Gasteiger partial charge in [-0.1, -0.05) is 218 Å². The molecule has 21 heteroatoms. The van der Waals surface area contributed by atoms with Gasteiger partial charge in [-0.15, -0.1) is 0 Å². The van der Waals surface area contributed by atoms with E-state index >= 15 is 0 Å². The number of esters is 4. The maximum Gasteiger partial charge on any atom is 0.373 e. The summed E-state index contributed by atoms with van der Waals surface area (Å²) in [7, 11) is 0. The lowest BCUT2D eigenvalue weighted by Crippen LogP contribution is -2.44. The third kappa shape index (κ3) is 34.4. The molecular formula is C99H114N4O17. The molecule has 0 spiro atoms. The summed E-state index contributed by atoms with van der Waals surface area (Å²) in [5.41, 5.74) is 13.6. The van der Waals surface area contributed by atoms with Gasteiger partial charge in [0.2, 0.25) is 0 Å². The maximum absolute atomic E-state index is 13.0. The minimum Gasteiger partial charge on any atom is -0.461 e. The standard InChI is InChI=1S/C26H29NO3.C26H29NO2.C22H29NO2.C21H27NO2.4CO2/c1-19(2)25(26(28)29-20(3)4)27(21-11-7-5-8-12-21)22-15-17-24(18-16-22)30-23-13-9-6-10-14-23;1-19(2)25(26(28)29-20(3)4)27(23-13-9-6-10-14-23)24-17-15-22(16-18-24)21-11-7-5-8-12-21;1-15(2)21(22(24)25-16(3)4)23(19-12-10-17(5)11-13-19)20-9-7-8-18(6)14-20;1-15(2)20(21(23)24-16(3)4)22(18-9-7-6-8-10-18)19-13-11-17(5)12-14-19;4*2-1-3/h5-20,25H,1-4H3;5-20,25H,1-4H3;7-16,21H,1-6H3;6-16,20H,1-5H3;;;;. The molecule has 0 bridgehead atoms. The number of para-hydroxylation sites is 4. The molecule has 0 aromatic heterocycles. The summed E-state index contributed by atoms with van der Waals surface area (Å²) >= 11 is 0. The van der Waals surface area contributed by atoms with Crippen LogP contribution in [0.5, 0.6) is 11.5 Å². The topological polar surface area (TPSA) is 264 Å². The fourth-order valence-corrected chi connectivity index (χ4v) is 12.5. The fraction of sp³-hybridized carbons (Fsp3) is 0.313. The van der Waals surface area contributed by atoms with Gasteiger partial charge in [-0.3, -0.25) is 0 Å². The van der Waals surface area contributed by atoms with Crippen LogP contribution in [-0.2, 0) is 76.5 Å². The molecule has 10 rings (SSSR count). The molecule has 4 atom stereocenters. The van der Waals surface area contributed by atoms with Crippen molar-refractivity contribution in [3.63, 3.8) is 0 Å². The first-order chi connectivity index (χ1) is 57.3. The molecule has 0 fully saturated rings. The number of hydrogen-bond donors (Lipinski definition) is 0. The van der Waals surface area contributed by atoms with Crippen LogP contribution in [0.3, 0.4) is 0 Å². The van der Waals surface area contributed by atoms with E-state index in [2.05, 4.69) is 174 Å². The average molecular weight is 1630 g/mol. The Balaban J connectivity index is 0.000000396. The van der Waals surface area contributed by atoms with Crippen LogP contribution in [0.15, 0.2) is 273 Å². The van der Waals surface area contributed by atoms with E-state index in [1.54, 1.807) is 0 Å². The van der Waals surface area contributed by atoms with Gasteiger partial charge in [0, 0.05) is 45.5 Å². The van der Waals surface area contributed by atoms with Gasteiger partial charge in [0.1, 0.15) is 35.7 Å². The largest absolute Gasteiger partial charge is 0.461 e. The quantitative estimate of drug-likeness (QED) is 0.0342. The Morgan fingerprint density at radius 2 is 0.442 bits per heavy atom. The summed E-state index contributed by atoms with van der Waals surface area (Å²) in [4.78, 5) is 125. The van der Waals surface area contributed by atoms with Gasteiger partial charge in [0.15, 0.2) is 0 Å². The minimum atomic E-state index is -0.448. The number of aryl methyl sites for hydroxylation is 3. The van der Waals surface area contributed by atoms with Crippen LogP contribution in [0.1, 0.15) is 127 Å². The third-order valence-electron chi connectivity index (χ3n) is 17.4. The summed E-state index contributed by atoms with van der Waals surface area (Å²) in [5, 5.41) is 0. The van der Waals surface area contributed by atoms with Crippen molar-refractivity contribution >= 4 is 94.0 Å². The van der Waals surface area contributed by atoms with E-state index in [1.165, 1.54) is 16.7 Å². The number of anilines is 8. The van der Waals surface area contributed by atoms with Crippen molar-refractivity contribution in [1.82, 2.24) is 0 Å². The predicted octanol–water partition coefficient (Wildman–Crippen LogP) is 21.3. The van der Waals surface area contributed by atoms with E-state index in [0.29, 0.717) is 0 Å². The highest BCUT2D eigenvalue weighted by Gasteiger charge is 2.37. The molecule has 21 nitrogen and oxygen atoms in total. The molecule has 0 N–H and O–H groups in total. The fourth-order valence-electron chi connectivity index (χ4n) is 12.5. The van der Waals surface area contributed by atoms with Crippen molar-refractivity contribution in [3.8, 4) is 22.6 Å². The summed E-state index contributed by atoms with van der Waals surface area (Å²) in [6.45, 7) is 37.6. The zero-order valence-electron chi connectivity index (χ0n) is 72.1. The number of nitrogens with zero attached hydrogens (tertiary/aromatic N) is 4. The number of carbonyl (C=O) groups is 4. The number of carbonyl (C=O) groups excluding carboxylic acids is 12. The van der Waals surface area contributed by atoms with Crippen LogP contribution >= 0.6 is 0 Å². The van der Waals surface area contributed by atoms with Crippen LogP contribution in [0.4, 0.5) is 45.5 Å². The van der Waals surface area contributed by atoms with Gasteiger partial charge in [-0.25, -0.2) is 19.2 Å². The lowest BCUT2D eigenvalue weighted by atomic mass is 9.99. The Kier molecular flexibility index (Phi) is 45.8. The second kappa shape index (κ2) is 54.5. The van der Waals surface area contributed by atoms with Crippen molar-refractivity contribution in [3.05, 3.63) is 290 Å². The number of benzene rings is 10. The normalized spacial score (nSPS) is 11.2. The second-order valence-corrected chi connectivity index (χ2v) is 29.8. The Hall–Kier alpha value is -13.4. The van der Waals surface area contributed by atoms with Crippen LogP contribution in [-0.4, -0.2) is 97.1 Å². The lowest BCUT2D eigenvalue weighted by Gasteiger charge is -2.35. The van der Waals surface area contributed by atoms with Gasteiger partial charge in [0.25, 0.3) is 0 Å². The van der Waals surface area contributed by atoms with Crippen molar-refractivity contribution < 1.29 is 81.2 Å². The van der Waals surface area contributed by atoms with Crippen molar-refractivity contribution in [2.24, 2.45) is 23.7 Å². The molecule has 632 valence electrons. The predicted molar refractivity (Wildman–Crippen MR) is 466 cm³/mol. The second-order valence-electron chi connectivity index (χ2n) is 29.8. The first-order valence-corrected chi connectivity index (χ1v) is 39.6. The molecule has 4 unspecified atom stereocenters. The highest BCUT2D eigenvalue weighted by molar-refractivity contribution is 5.88. The van der Waals surface area contributed by atoms with E-state index in [1.807, 2.05) is 250 Å². The Morgan fingerprint density at radius 1 is 0.233 bits per heavy atom. The van der Waals surface area contributed by atoms with Gasteiger partial charge < -0.3 is 43.3 Å². The van der Waals surface area contributed by atoms with Crippen molar-refractivity contribution in [2.45, 2.75) is 180 Å². The van der Waals surface area contributed by atoms with Gasteiger partial charge in [-0.2, -0.15) is 38.4 Å². The molecule has 0 aliphatic rings. The molecule has 0 aliphatic carbocycles. The summed E-state index contributed by atoms with van der Waals surface area (Å²) < 4.78 is 28.2. The van der Waals surface area contributed by atoms with Crippen LogP contribution in [0.2, 0.25) is 0 Å². The Bertz CT molecular complexity index is 4690. The molecule has 10 aromatic rings. The maximum atomic E-state index is 13.0. The average Bonchev–Trinajstić information content (AvgIpc) is 0.815. The number of ether oxygens (including phenoxy) is 5. The minimum absolute atomic E-state index is 0.0525. The van der Waals surface area contributed by atoms with E-state index < -0.39 is 12.1 Å². The molecule has 0 amide bonds. The monoisotopic (exact) mass is 1630 g/mol. The van der Waals surface area contributed by atoms with E-state index in [4.69, 9.17) is 62.0 Å². The first kappa shape index (κ1) is 101. The van der Waals surface area contributed by atoms with E-state index in [9.17, 15) is 19.2 Å². The number of rotatable bonds is 27. The molecule has 0 heterocycles. The Labute approximate surface area is 707 Å². The van der Waals surface area contributed by atoms with Gasteiger partial charge in [-0.05, 0) is 238 Å². The lowest BCUT2D eigenvalue weighted by molar-refractivity contribution is -0.193.